The van der Waals surface area contributed by atoms with E-state index >= 15 is 0 Å². The second-order valence-electron chi connectivity index (χ2n) is 7.46. The number of fused-ring (bicyclic) bond motifs is 1. The Morgan fingerprint density at radius 3 is 1.31 bits per heavy atom. The molecule has 6 heteroatoms. The predicted octanol–water partition coefficient (Wildman–Crippen LogP) is 5.74. The summed E-state index contributed by atoms with van der Waals surface area (Å²) < 4.78 is 33.1. The van der Waals surface area contributed by atoms with Gasteiger partial charge in [0.25, 0.3) is 0 Å². The summed E-state index contributed by atoms with van der Waals surface area (Å²) in [6, 6.07) is 26.9. The number of nitrogens with zero attached hydrogens (tertiary/aromatic N) is 2. The van der Waals surface area contributed by atoms with Crippen LogP contribution in [0.3, 0.4) is 0 Å². The minimum absolute atomic E-state index is 0.680. The minimum Gasteiger partial charge on any atom is -0.229 e. The zero-order chi connectivity index (χ0) is 22.5. The van der Waals surface area contributed by atoms with E-state index in [1.54, 1.807) is 12.4 Å². The largest absolute Gasteiger partial charge is 0.229 e. The number of benzene rings is 4. The fourth-order valence-corrected chi connectivity index (χ4v) is 4.51. The van der Waals surface area contributed by atoms with Gasteiger partial charge in [0.2, 0.25) is 0 Å². The highest BCUT2D eigenvalue weighted by molar-refractivity contribution is 7.84. The molecule has 4 rings (SSSR count). The fourth-order valence-electron chi connectivity index (χ4n) is 3.09. The Morgan fingerprint density at radius 1 is 0.562 bits per heavy atom. The van der Waals surface area contributed by atoms with Crippen molar-refractivity contribution in [3.05, 3.63) is 107 Å². The summed E-state index contributed by atoms with van der Waals surface area (Å²) in [4.78, 5) is 1.36. The smallest absolute Gasteiger partial charge is 0.172 e. The lowest BCUT2D eigenvalue weighted by atomic mass is 10.1. The van der Waals surface area contributed by atoms with E-state index in [-0.39, 0.29) is 0 Å². The fraction of sp³-hybridized carbons (Fsp3) is 0.0769. The van der Waals surface area contributed by atoms with Crippen molar-refractivity contribution in [1.29, 1.82) is 0 Å². The molecule has 0 aliphatic heterocycles. The Morgan fingerprint density at radius 2 is 0.938 bits per heavy atom. The lowest BCUT2D eigenvalue weighted by Crippen LogP contribution is -1.91. The quantitative estimate of drug-likeness (QED) is 0.346. The van der Waals surface area contributed by atoms with Gasteiger partial charge in [-0.3, -0.25) is 0 Å². The second kappa shape index (κ2) is 9.94. The van der Waals surface area contributed by atoms with Crippen LogP contribution < -0.4 is 0 Å². The molecule has 0 aromatic heterocycles. The predicted molar refractivity (Wildman–Crippen MR) is 134 cm³/mol. The molecule has 0 saturated carbocycles. The third kappa shape index (κ3) is 5.52. The maximum absolute atomic E-state index is 12.4. The van der Waals surface area contributed by atoms with E-state index in [1.807, 2.05) is 98.8 Å². The Bertz CT molecular complexity index is 1250. The molecule has 32 heavy (non-hydrogen) atoms. The summed E-state index contributed by atoms with van der Waals surface area (Å²) in [6.45, 7) is 3.98. The molecule has 0 radical (unpaired) electrons. The normalized spacial score (nSPS) is 13.7. The van der Waals surface area contributed by atoms with E-state index in [0.29, 0.717) is 9.79 Å². The van der Waals surface area contributed by atoms with Gasteiger partial charge >= 0.3 is 0 Å². The van der Waals surface area contributed by atoms with Crippen molar-refractivity contribution in [3.8, 4) is 0 Å². The molecule has 0 fully saturated rings. The van der Waals surface area contributed by atoms with Crippen molar-refractivity contribution >= 4 is 45.2 Å². The van der Waals surface area contributed by atoms with Crippen LogP contribution in [0.1, 0.15) is 22.3 Å². The first-order valence-electron chi connectivity index (χ1n) is 10.1. The molecule has 0 bridgehead atoms. The molecule has 0 aliphatic rings. The van der Waals surface area contributed by atoms with Crippen LogP contribution in [0.4, 0.5) is 0 Å². The summed E-state index contributed by atoms with van der Waals surface area (Å²) in [7, 11) is -2.86. The summed E-state index contributed by atoms with van der Waals surface area (Å²) in [6.07, 6.45) is 3.27. The number of aryl methyl sites for hydroxylation is 2. The van der Waals surface area contributed by atoms with Gasteiger partial charge in [-0.1, -0.05) is 59.7 Å². The Hall–Kier alpha value is -3.22. The second-order valence-corrected chi connectivity index (χ2v) is 9.82. The monoisotopic (exact) mass is 458 g/mol. The SMILES string of the molecule is Cc1ccc(S(=O)/N=C/c2ccc3cc(/C=N/S(=O)c4ccc(C)cc4)ccc3c2)cc1. The molecule has 0 N–H and O–H groups in total. The standard InChI is InChI=1S/C26H22N2O2S2/c1-19-3-11-25(12-4-19)31(29)27-17-21-7-9-24-16-22(8-10-23(24)15-21)18-28-32(30)26-13-5-20(2)6-14-26/h3-18H,1-2H3/b27-17+,28-18+. The topological polar surface area (TPSA) is 58.9 Å². The average molecular weight is 459 g/mol. The molecule has 0 aliphatic carbocycles. The lowest BCUT2D eigenvalue weighted by Gasteiger charge is -2.02. The first-order valence-corrected chi connectivity index (χ1v) is 12.3. The van der Waals surface area contributed by atoms with Crippen LogP contribution in [0, 0.1) is 13.8 Å². The van der Waals surface area contributed by atoms with Crippen LogP contribution in [0.2, 0.25) is 0 Å². The Balaban J connectivity index is 1.48. The summed E-state index contributed by atoms with van der Waals surface area (Å²) >= 11 is 0. The van der Waals surface area contributed by atoms with Gasteiger partial charge in [-0.15, -0.1) is 0 Å². The van der Waals surface area contributed by atoms with Crippen LogP contribution in [0.25, 0.3) is 10.8 Å². The van der Waals surface area contributed by atoms with E-state index < -0.39 is 22.0 Å². The summed E-state index contributed by atoms with van der Waals surface area (Å²) in [5.41, 5.74) is 3.99. The van der Waals surface area contributed by atoms with Crippen LogP contribution >= 0.6 is 0 Å². The molecule has 0 saturated heterocycles. The molecule has 0 heterocycles. The molecule has 0 amide bonds. The van der Waals surface area contributed by atoms with Gasteiger partial charge in [0.1, 0.15) is 0 Å². The van der Waals surface area contributed by atoms with Crippen molar-refractivity contribution < 1.29 is 8.42 Å². The molecule has 160 valence electrons. The number of hydrogen-bond acceptors (Lipinski definition) is 2. The van der Waals surface area contributed by atoms with Gasteiger partial charge in [-0.2, -0.15) is 8.80 Å². The van der Waals surface area contributed by atoms with Crippen molar-refractivity contribution in [2.75, 3.05) is 0 Å². The summed E-state index contributed by atoms with van der Waals surface area (Å²) in [5, 5.41) is 2.07. The minimum atomic E-state index is -1.43. The zero-order valence-electron chi connectivity index (χ0n) is 17.8. The highest BCUT2D eigenvalue weighted by Gasteiger charge is 2.03. The van der Waals surface area contributed by atoms with Gasteiger partial charge in [0, 0.05) is 12.4 Å². The van der Waals surface area contributed by atoms with Crippen LogP contribution in [-0.2, 0) is 22.0 Å². The molecule has 4 nitrogen and oxygen atoms in total. The third-order valence-electron chi connectivity index (χ3n) is 4.93. The van der Waals surface area contributed by atoms with E-state index in [9.17, 15) is 8.42 Å². The average Bonchev–Trinajstić information content (AvgIpc) is 2.81. The van der Waals surface area contributed by atoms with Crippen LogP contribution in [0.15, 0.2) is 104 Å². The molecule has 4 aromatic carbocycles. The van der Waals surface area contributed by atoms with Crippen LogP contribution in [-0.4, -0.2) is 20.8 Å². The first kappa shape index (κ1) is 22.0. The third-order valence-corrected chi connectivity index (χ3v) is 6.87. The molecule has 2 atom stereocenters. The highest BCUT2D eigenvalue weighted by atomic mass is 32.2. The maximum atomic E-state index is 12.4. The van der Waals surface area contributed by atoms with Gasteiger partial charge in [-0.25, -0.2) is 8.42 Å². The highest BCUT2D eigenvalue weighted by Crippen LogP contribution is 2.18. The van der Waals surface area contributed by atoms with E-state index in [1.165, 1.54) is 0 Å². The molecule has 2 unspecified atom stereocenters. The maximum Gasteiger partial charge on any atom is 0.172 e. The molecule has 4 aromatic rings. The van der Waals surface area contributed by atoms with E-state index in [4.69, 9.17) is 0 Å². The van der Waals surface area contributed by atoms with Crippen molar-refractivity contribution in [2.24, 2.45) is 8.80 Å². The molecular weight excluding hydrogens is 436 g/mol. The van der Waals surface area contributed by atoms with Gasteiger partial charge in [0.15, 0.2) is 22.0 Å². The number of hydrogen-bond donors (Lipinski definition) is 0. The van der Waals surface area contributed by atoms with Crippen LogP contribution in [0.5, 0.6) is 0 Å². The molecular formula is C26H22N2O2S2. The van der Waals surface area contributed by atoms with Crippen molar-refractivity contribution in [3.63, 3.8) is 0 Å². The van der Waals surface area contributed by atoms with E-state index in [2.05, 4.69) is 8.80 Å². The first-order chi connectivity index (χ1) is 15.5. The number of rotatable bonds is 6. The Labute approximate surface area is 192 Å². The Kier molecular flexibility index (Phi) is 6.83. The lowest BCUT2D eigenvalue weighted by molar-refractivity contribution is 0.683. The van der Waals surface area contributed by atoms with Gasteiger partial charge in [0.05, 0.1) is 9.79 Å². The van der Waals surface area contributed by atoms with E-state index in [0.717, 1.165) is 33.0 Å². The summed E-state index contributed by atoms with van der Waals surface area (Å²) in [5.74, 6) is 0. The van der Waals surface area contributed by atoms with Gasteiger partial charge < -0.3 is 0 Å². The van der Waals surface area contributed by atoms with Crippen molar-refractivity contribution in [2.45, 2.75) is 23.6 Å². The molecule has 0 spiro atoms. The van der Waals surface area contributed by atoms with Gasteiger partial charge in [-0.05, 0) is 72.1 Å². The zero-order valence-corrected chi connectivity index (χ0v) is 19.4. The van der Waals surface area contributed by atoms with Crippen molar-refractivity contribution in [1.82, 2.24) is 0 Å².